The van der Waals surface area contributed by atoms with Crippen LogP contribution in [0.25, 0.3) is 5.57 Å². The Balaban J connectivity index is 2.05. The van der Waals surface area contributed by atoms with Crippen molar-refractivity contribution >= 4 is 28.9 Å². The van der Waals surface area contributed by atoms with Crippen molar-refractivity contribution in [2.24, 2.45) is 5.92 Å². The van der Waals surface area contributed by atoms with Crippen molar-refractivity contribution in [2.45, 2.75) is 19.3 Å². The molecule has 3 rings (SSSR count). The number of hydrogen-bond donors (Lipinski definition) is 0. The zero-order chi connectivity index (χ0) is 17.8. The van der Waals surface area contributed by atoms with Gasteiger partial charge in [-0.1, -0.05) is 60.1 Å². The fraction of sp³-hybridized carbons (Fsp3) is 0.238. The average molecular weight is 355 g/mol. The van der Waals surface area contributed by atoms with Crippen molar-refractivity contribution in [3.05, 3.63) is 76.8 Å². The van der Waals surface area contributed by atoms with E-state index in [2.05, 4.69) is 0 Å². The smallest absolute Gasteiger partial charge is 0.317 e. The highest BCUT2D eigenvalue weighted by Crippen LogP contribution is 2.42. The molecule has 0 spiro atoms. The van der Waals surface area contributed by atoms with E-state index in [4.69, 9.17) is 16.3 Å². The van der Waals surface area contributed by atoms with E-state index in [-0.39, 0.29) is 18.3 Å². The zero-order valence-electron chi connectivity index (χ0n) is 13.9. The molecule has 0 amide bonds. The van der Waals surface area contributed by atoms with Crippen LogP contribution in [0.4, 0.5) is 0 Å². The van der Waals surface area contributed by atoms with Gasteiger partial charge in [0, 0.05) is 10.9 Å². The van der Waals surface area contributed by atoms with Gasteiger partial charge in [0.05, 0.1) is 6.61 Å². The molecule has 0 bridgehead atoms. The molecule has 0 N–H and O–H groups in total. The highest BCUT2D eigenvalue weighted by molar-refractivity contribution is 6.31. The van der Waals surface area contributed by atoms with Gasteiger partial charge in [0.1, 0.15) is 5.92 Å². The van der Waals surface area contributed by atoms with Crippen LogP contribution in [-0.4, -0.2) is 18.4 Å². The fourth-order valence-corrected chi connectivity index (χ4v) is 3.58. The molecular weight excluding hydrogens is 336 g/mol. The number of rotatable bonds is 4. The molecule has 0 aromatic heterocycles. The van der Waals surface area contributed by atoms with Crippen molar-refractivity contribution < 1.29 is 14.3 Å². The van der Waals surface area contributed by atoms with Gasteiger partial charge >= 0.3 is 5.97 Å². The van der Waals surface area contributed by atoms with E-state index in [1.54, 1.807) is 19.1 Å². The molecule has 3 nitrogen and oxygen atoms in total. The Bertz CT molecular complexity index is 811. The third-order valence-electron chi connectivity index (χ3n) is 4.46. The largest absolute Gasteiger partial charge is 0.465 e. The lowest BCUT2D eigenvalue weighted by Crippen LogP contribution is -2.34. The number of hydrogen-bond acceptors (Lipinski definition) is 3. The molecule has 0 radical (unpaired) electrons. The first-order chi connectivity index (χ1) is 12.1. The van der Waals surface area contributed by atoms with Gasteiger partial charge in [-0.3, -0.25) is 9.59 Å². The van der Waals surface area contributed by atoms with Gasteiger partial charge in [0.2, 0.25) is 0 Å². The molecule has 2 atom stereocenters. The number of benzene rings is 2. The molecule has 0 saturated carbocycles. The van der Waals surface area contributed by atoms with Crippen LogP contribution < -0.4 is 0 Å². The second-order valence-corrected chi connectivity index (χ2v) is 6.41. The Labute approximate surface area is 152 Å². The van der Waals surface area contributed by atoms with Crippen LogP contribution in [0.3, 0.4) is 0 Å². The predicted octanol–water partition coefficient (Wildman–Crippen LogP) is 4.66. The summed E-state index contributed by atoms with van der Waals surface area (Å²) < 4.78 is 5.15. The van der Waals surface area contributed by atoms with E-state index in [1.165, 1.54) is 0 Å². The Morgan fingerprint density at radius 3 is 2.48 bits per heavy atom. The van der Waals surface area contributed by atoms with Crippen molar-refractivity contribution in [3.8, 4) is 0 Å². The molecule has 128 valence electrons. The molecule has 1 aliphatic rings. The van der Waals surface area contributed by atoms with Gasteiger partial charge in [0.25, 0.3) is 0 Å². The lowest BCUT2D eigenvalue weighted by molar-refractivity contribution is -0.151. The number of ketones is 1. The summed E-state index contributed by atoms with van der Waals surface area (Å²) in [5.41, 5.74) is 2.70. The maximum atomic E-state index is 12.8. The molecule has 1 aliphatic carbocycles. The Morgan fingerprint density at radius 1 is 1.12 bits per heavy atom. The lowest BCUT2D eigenvalue weighted by atomic mass is 9.73. The van der Waals surface area contributed by atoms with E-state index in [0.29, 0.717) is 11.4 Å². The monoisotopic (exact) mass is 354 g/mol. The summed E-state index contributed by atoms with van der Waals surface area (Å²) in [5, 5.41) is 0.559. The Morgan fingerprint density at radius 2 is 1.80 bits per heavy atom. The van der Waals surface area contributed by atoms with Gasteiger partial charge in [-0.05, 0) is 42.2 Å². The normalized spacial score (nSPS) is 20.1. The van der Waals surface area contributed by atoms with E-state index in [9.17, 15) is 9.59 Å². The summed E-state index contributed by atoms with van der Waals surface area (Å²) in [4.78, 5) is 25.2. The number of halogens is 1. The number of ether oxygens (including phenoxy) is 1. The van der Waals surface area contributed by atoms with E-state index < -0.39 is 11.9 Å². The topological polar surface area (TPSA) is 43.4 Å². The molecular formula is C21H19ClO3. The Kier molecular flexibility index (Phi) is 5.34. The molecule has 0 fully saturated rings. The van der Waals surface area contributed by atoms with Gasteiger partial charge in [-0.2, -0.15) is 0 Å². The number of allylic oxidation sites excluding steroid dienone is 2. The van der Waals surface area contributed by atoms with Gasteiger partial charge < -0.3 is 4.74 Å². The van der Waals surface area contributed by atoms with Gasteiger partial charge in [-0.15, -0.1) is 0 Å². The summed E-state index contributed by atoms with van der Waals surface area (Å²) in [6.07, 6.45) is 2.13. The third-order valence-corrected chi connectivity index (χ3v) is 4.80. The van der Waals surface area contributed by atoms with Crippen LogP contribution >= 0.6 is 11.6 Å². The van der Waals surface area contributed by atoms with Crippen molar-refractivity contribution in [3.63, 3.8) is 0 Å². The second-order valence-electron chi connectivity index (χ2n) is 6.00. The summed E-state index contributed by atoms with van der Waals surface area (Å²) >= 11 is 6.36. The third kappa shape index (κ3) is 3.67. The zero-order valence-corrected chi connectivity index (χ0v) is 14.7. The Hall–Kier alpha value is -2.39. The molecule has 2 aromatic rings. The first kappa shape index (κ1) is 17.4. The van der Waals surface area contributed by atoms with Crippen molar-refractivity contribution in [1.29, 1.82) is 0 Å². The molecule has 2 aromatic carbocycles. The minimum atomic E-state index is -0.854. The van der Waals surface area contributed by atoms with E-state index in [1.807, 2.05) is 48.5 Å². The molecule has 0 saturated heterocycles. The summed E-state index contributed by atoms with van der Waals surface area (Å²) in [5.74, 6) is -1.90. The molecule has 0 aliphatic heterocycles. The van der Waals surface area contributed by atoms with E-state index in [0.717, 1.165) is 16.7 Å². The maximum absolute atomic E-state index is 12.8. The predicted molar refractivity (Wildman–Crippen MR) is 98.4 cm³/mol. The average Bonchev–Trinajstić information content (AvgIpc) is 2.62. The van der Waals surface area contributed by atoms with Crippen molar-refractivity contribution in [1.82, 2.24) is 0 Å². The second kappa shape index (κ2) is 7.66. The fourth-order valence-electron chi connectivity index (χ4n) is 3.30. The van der Waals surface area contributed by atoms with Crippen LogP contribution in [0.2, 0.25) is 5.02 Å². The first-order valence-corrected chi connectivity index (χ1v) is 8.70. The molecule has 0 unspecified atom stereocenters. The quantitative estimate of drug-likeness (QED) is 0.592. The van der Waals surface area contributed by atoms with Crippen LogP contribution in [0.1, 0.15) is 30.4 Å². The molecule has 0 heterocycles. The first-order valence-electron chi connectivity index (χ1n) is 8.32. The number of esters is 1. The van der Waals surface area contributed by atoms with Crippen LogP contribution in [-0.2, 0) is 14.3 Å². The molecule has 4 heteroatoms. The van der Waals surface area contributed by atoms with Crippen LogP contribution in [0.15, 0.2) is 60.7 Å². The number of carbonyl (C=O) groups excluding carboxylic acids is 2. The van der Waals surface area contributed by atoms with Crippen LogP contribution in [0.5, 0.6) is 0 Å². The SMILES string of the molecule is CCOC(=O)[C@@H]1C(=O)C=C(c2ccccc2)C[C@H]1c1ccccc1Cl. The standard InChI is InChI=1S/C21H19ClO3/c1-2-25-21(24)20-17(16-10-6-7-11-18(16)22)12-15(13-19(20)23)14-8-4-3-5-9-14/h3-11,13,17,20H,2,12H2,1H3/t17-,20-/m0/s1. The van der Waals surface area contributed by atoms with Crippen molar-refractivity contribution in [2.75, 3.05) is 6.61 Å². The lowest BCUT2D eigenvalue weighted by Gasteiger charge is -2.30. The van der Waals surface area contributed by atoms with E-state index >= 15 is 0 Å². The summed E-state index contributed by atoms with van der Waals surface area (Å²) in [7, 11) is 0. The van der Waals surface area contributed by atoms with Gasteiger partial charge in [-0.25, -0.2) is 0 Å². The van der Waals surface area contributed by atoms with Crippen LogP contribution in [0, 0.1) is 5.92 Å². The van der Waals surface area contributed by atoms with Gasteiger partial charge in [0.15, 0.2) is 5.78 Å². The highest BCUT2D eigenvalue weighted by atomic mass is 35.5. The maximum Gasteiger partial charge on any atom is 0.317 e. The highest BCUT2D eigenvalue weighted by Gasteiger charge is 2.40. The molecule has 25 heavy (non-hydrogen) atoms. The summed E-state index contributed by atoms with van der Waals surface area (Å²) in [6, 6.07) is 17.1. The minimum absolute atomic E-state index is 0.228. The minimum Gasteiger partial charge on any atom is -0.465 e. The summed E-state index contributed by atoms with van der Waals surface area (Å²) in [6.45, 7) is 1.98. The number of carbonyl (C=O) groups is 2.